The number of likely N-dealkylation sites (tertiary alicyclic amines) is 1. The summed E-state index contributed by atoms with van der Waals surface area (Å²) < 4.78 is 17.8. The zero-order chi connectivity index (χ0) is 19.5. The summed E-state index contributed by atoms with van der Waals surface area (Å²) >= 11 is 0. The summed E-state index contributed by atoms with van der Waals surface area (Å²) in [5.41, 5.74) is 1.04. The second-order valence-corrected chi connectivity index (χ2v) is 7.50. The molecule has 0 unspecified atom stereocenters. The molecule has 1 saturated heterocycles. The van der Waals surface area contributed by atoms with Crippen LogP contribution in [0.1, 0.15) is 48.7 Å². The number of benzene rings is 1. The summed E-state index contributed by atoms with van der Waals surface area (Å²) in [4.78, 5) is 6.69. The molecular formula is C21H27FN6. The molecule has 0 saturated carbocycles. The summed E-state index contributed by atoms with van der Waals surface area (Å²) in [6, 6.07) is 6.90. The molecule has 0 spiro atoms. The van der Waals surface area contributed by atoms with Crippen molar-refractivity contribution in [2.24, 2.45) is 0 Å². The molecule has 4 rings (SSSR count). The molecule has 1 aromatic carbocycles. The van der Waals surface area contributed by atoms with Crippen molar-refractivity contribution in [3.8, 4) is 0 Å². The molecule has 148 valence electrons. The van der Waals surface area contributed by atoms with Gasteiger partial charge < -0.3 is 9.13 Å². The highest BCUT2D eigenvalue weighted by atomic mass is 19.1. The summed E-state index contributed by atoms with van der Waals surface area (Å²) in [5.74, 6) is 3.33. The Morgan fingerprint density at radius 3 is 2.64 bits per heavy atom. The van der Waals surface area contributed by atoms with Crippen molar-refractivity contribution in [1.82, 2.24) is 29.2 Å². The van der Waals surface area contributed by atoms with E-state index in [0.717, 1.165) is 62.1 Å². The fourth-order valence-corrected chi connectivity index (χ4v) is 4.08. The van der Waals surface area contributed by atoms with Crippen molar-refractivity contribution >= 4 is 0 Å². The Hall–Kier alpha value is -2.54. The van der Waals surface area contributed by atoms with Gasteiger partial charge in [0.2, 0.25) is 0 Å². The maximum Gasteiger partial charge on any atom is 0.153 e. The molecule has 0 aliphatic carbocycles. The summed E-state index contributed by atoms with van der Waals surface area (Å²) in [6.07, 6.45) is 5.90. The van der Waals surface area contributed by atoms with Gasteiger partial charge in [0.1, 0.15) is 17.5 Å². The number of imidazole rings is 1. The molecule has 3 heterocycles. The number of hydrogen-bond acceptors (Lipinski definition) is 4. The van der Waals surface area contributed by atoms with Gasteiger partial charge >= 0.3 is 0 Å². The average Bonchev–Trinajstić information content (AvgIpc) is 3.29. The van der Waals surface area contributed by atoms with Gasteiger partial charge in [-0.2, -0.15) is 0 Å². The number of halogens is 1. The van der Waals surface area contributed by atoms with Crippen LogP contribution in [-0.2, 0) is 19.6 Å². The normalized spacial score (nSPS) is 16.0. The van der Waals surface area contributed by atoms with Crippen LogP contribution in [0.2, 0.25) is 0 Å². The van der Waals surface area contributed by atoms with Gasteiger partial charge in [-0.15, -0.1) is 10.2 Å². The summed E-state index contributed by atoms with van der Waals surface area (Å²) in [6.45, 7) is 8.51. The Kier molecular flexibility index (Phi) is 5.52. The second kappa shape index (κ2) is 8.22. The van der Waals surface area contributed by atoms with Crippen molar-refractivity contribution in [2.75, 3.05) is 13.1 Å². The highest BCUT2D eigenvalue weighted by Crippen LogP contribution is 2.28. The lowest BCUT2D eigenvalue weighted by Gasteiger charge is -2.31. The van der Waals surface area contributed by atoms with Crippen LogP contribution in [0.3, 0.4) is 0 Å². The van der Waals surface area contributed by atoms with Crippen molar-refractivity contribution in [3.63, 3.8) is 0 Å². The van der Waals surface area contributed by atoms with Crippen LogP contribution >= 0.6 is 0 Å². The topological polar surface area (TPSA) is 51.8 Å². The lowest BCUT2D eigenvalue weighted by atomic mass is 9.95. The minimum atomic E-state index is -0.163. The van der Waals surface area contributed by atoms with Gasteiger partial charge in [-0.25, -0.2) is 9.37 Å². The van der Waals surface area contributed by atoms with Crippen LogP contribution in [0.15, 0.2) is 36.7 Å². The van der Waals surface area contributed by atoms with Crippen molar-refractivity contribution in [1.29, 1.82) is 0 Å². The van der Waals surface area contributed by atoms with Gasteiger partial charge in [-0.3, -0.25) is 4.90 Å². The molecule has 7 heteroatoms. The third-order valence-electron chi connectivity index (χ3n) is 5.66. The first-order valence-electron chi connectivity index (χ1n) is 10.0. The molecule has 6 nitrogen and oxygen atoms in total. The van der Waals surface area contributed by atoms with Crippen molar-refractivity contribution in [3.05, 3.63) is 65.5 Å². The largest absolute Gasteiger partial charge is 0.328 e. The highest BCUT2D eigenvalue weighted by Gasteiger charge is 2.26. The van der Waals surface area contributed by atoms with E-state index < -0.39 is 0 Å². The molecule has 28 heavy (non-hydrogen) atoms. The second-order valence-electron chi connectivity index (χ2n) is 7.50. The van der Waals surface area contributed by atoms with Crippen LogP contribution < -0.4 is 0 Å². The average molecular weight is 382 g/mol. The molecule has 0 amide bonds. The fraction of sp³-hybridized carbons (Fsp3) is 0.476. The van der Waals surface area contributed by atoms with E-state index in [1.165, 1.54) is 6.07 Å². The third kappa shape index (κ3) is 3.99. The Morgan fingerprint density at radius 1 is 1.14 bits per heavy atom. The predicted octanol–water partition coefficient (Wildman–Crippen LogP) is 3.37. The van der Waals surface area contributed by atoms with Crippen molar-refractivity contribution < 1.29 is 4.39 Å². The first-order chi connectivity index (χ1) is 13.6. The van der Waals surface area contributed by atoms with Crippen LogP contribution in [0.5, 0.6) is 0 Å². The monoisotopic (exact) mass is 382 g/mol. The van der Waals surface area contributed by atoms with Gasteiger partial charge in [0.25, 0.3) is 0 Å². The molecular weight excluding hydrogens is 355 g/mol. The van der Waals surface area contributed by atoms with Crippen LogP contribution in [0, 0.1) is 12.7 Å². The Labute approximate surface area is 165 Å². The third-order valence-corrected chi connectivity index (χ3v) is 5.66. The summed E-state index contributed by atoms with van der Waals surface area (Å²) in [7, 11) is 0. The maximum absolute atomic E-state index is 13.4. The quantitative estimate of drug-likeness (QED) is 0.656. The zero-order valence-electron chi connectivity index (χ0n) is 16.6. The molecule has 1 aliphatic rings. The molecule has 2 aromatic heterocycles. The fourth-order valence-electron chi connectivity index (χ4n) is 4.08. The van der Waals surface area contributed by atoms with E-state index >= 15 is 0 Å². The Balaban J connectivity index is 1.41. The molecule has 1 fully saturated rings. The van der Waals surface area contributed by atoms with E-state index in [-0.39, 0.29) is 5.82 Å². The van der Waals surface area contributed by atoms with E-state index in [1.54, 1.807) is 12.1 Å². The minimum Gasteiger partial charge on any atom is -0.328 e. The number of rotatable bonds is 6. The standard InChI is InChI=1S/C21H27FN6/c1-3-28-20(15-27-12-9-23-16(27)2)24-25-21(28)18-7-10-26(11-8-18)14-17-5-4-6-19(22)13-17/h4-6,9,12-13,18H,3,7-8,10-11,14-15H2,1-2H3. The molecule has 3 aromatic rings. The van der Waals surface area contributed by atoms with E-state index in [4.69, 9.17) is 0 Å². The number of aromatic nitrogens is 5. The van der Waals surface area contributed by atoms with Gasteiger partial charge in [0.05, 0.1) is 6.54 Å². The van der Waals surface area contributed by atoms with E-state index in [2.05, 4.69) is 36.1 Å². The predicted molar refractivity (Wildman–Crippen MR) is 105 cm³/mol. The number of nitrogens with zero attached hydrogens (tertiary/aromatic N) is 6. The molecule has 1 aliphatic heterocycles. The van der Waals surface area contributed by atoms with Gasteiger partial charge in [0, 0.05) is 31.4 Å². The highest BCUT2D eigenvalue weighted by molar-refractivity contribution is 5.16. The molecule has 0 radical (unpaired) electrons. The van der Waals surface area contributed by atoms with Crippen LogP contribution in [-0.4, -0.2) is 42.3 Å². The molecule has 0 atom stereocenters. The smallest absolute Gasteiger partial charge is 0.153 e. The van der Waals surface area contributed by atoms with E-state index in [0.29, 0.717) is 12.5 Å². The first-order valence-corrected chi connectivity index (χ1v) is 10.0. The SMILES string of the molecule is CCn1c(Cn2ccnc2C)nnc1C1CCN(Cc2cccc(F)c2)CC1. The number of aryl methyl sites for hydroxylation is 1. The number of hydrogen-bond donors (Lipinski definition) is 0. The van der Waals surface area contributed by atoms with Gasteiger partial charge in [0.15, 0.2) is 5.82 Å². The maximum atomic E-state index is 13.4. The van der Waals surface area contributed by atoms with Gasteiger partial charge in [-0.1, -0.05) is 12.1 Å². The number of piperidine rings is 1. The zero-order valence-corrected chi connectivity index (χ0v) is 16.6. The minimum absolute atomic E-state index is 0.163. The Morgan fingerprint density at radius 2 is 1.96 bits per heavy atom. The Bertz CT molecular complexity index is 923. The van der Waals surface area contributed by atoms with Gasteiger partial charge in [-0.05, 0) is 57.5 Å². The lowest BCUT2D eigenvalue weighted by Crippen LogP contribution is -2.33. The molecule has 0 bridgehead atoms. The van der Waals surface area contributed by atoms with Crippen LogP contribution in [0.25, 0.3) is 0 Å². The van der Waals surface area contributed by atoms with Crippen LogP contribution in [0.4, 0.5) is 4.39 Å². The molecule has 0 N–H and O–H groups in total. The van der Waals surface area contributed by atoms with E-state index in [1.807, 2.05) is 25.4 Å². The lowest BCUT2D eigenvalue weighted by molar-refractivity contribution is 0.200. The van der Waals surface area contributed by atoms with E-state index in [9.17, 15) is 4.39 Å². The van der Waals surface area contributed by atoms with Crippen molar-refractivity contribution in [2.45, 2.75) is 52.2 Å². The summed E-state index contributed by atoms with van der Waals surface area (Å²) in [5, 5.41) is 9.04. The first kappa shape index (κ1) is 18.8.